The predicted molar refractivity (Wildman–Crippen MR) is 90.4 cm³/mol. The molecule has 0 heterocycles. The summed E-state index contributed by atoms with van der Waals surface area (Å²) in [6, 6.07) is 6.84. The summed E-state index contributed by atoms with van der Waals surface area (Å²) in [6.45, 7) is 6.71. The Morgan fingerprint density at radius 3 is 2.30 bits per heavy atom. The molecule has 1 aliphatic rings. The molecule has 4 heteroatoms. The van der Waals surface area contributed by atoms with Gasteiger partial charge in [-0.2, -0.15) is 0 Å². The van der Waals surface area contributed by atoms with Gasteiger partial charge in [0, 0.05) is 11.6 Å². The lowest BCUT2D eigenvalue weighted by Gasteiger charge is -2.37. The van der Waals surface area contributed by atoms with Crippen molar-refractivity contribution in [2.45, 2.75) is 46.1 Å². The van der Waals surface area contributed by atoms with Crippen molar-refractivity contribution in [3.05, 3.63) is 35.4 Å². The van der Waals surface area contributed by atoms with Crippen LogP contribution >= 0.6 is 0 Å². The zero-order valence-corrected chi connectivity index (χ0v) is 14.5. The van der Waals surface area contributed by atoms with Crippen molar-refractivity contribution in [2.75, 3.05) is 7.11 Å². The molecule has 1 aliphatic carbocycles. The highest BCUT2D eigenvalue weighted by Crippen LogP contribution is 2.33. The van der Waals surface area contributed by atoms with E-state index in [9.17, 15) is 9.59 Å². The van der Waals surface area contributed by atoms with Gasteiger partial charge in [0.25, 0.3) is 5.91 Å². The summed E-state index contributed by atoms with van der Waals surface area (Å²) in [5.74, 6) is 1.29. The highest BCUT2D eigenvalue weighted by atomic mass is 16.5. The van der Waals surface area contributed by atoms with E-state index in [0.29, 0.717) is 28.9 Å². The molecule has 126 valence electrons. The molecular weight excluding hydrogens is 290 g/mol. The Kier molecular flexibility index (Phi) is 5.80. The zero-order valence-electron chi connectivity index (χ0n) is 14.5. The highest BCUT2D eigenvalue weighted by molar-refractivity contribution is 5.96. The smallest absolute Gasteiger partial charge is 0.337 e. The van der Waals surface area contributed by atoms with Crippen LogP contribution in [0.25, 0.3) is 0 Å². The van der Waals surface area contributed by atoms with E-state index >= 15 is 0 Å². The van der Waals surface area contributed by atoms with Crippen LogP contribution in [-0.4, -0.2) is 25.0 Å². The van der Waals surface area contributed by atoms with Crippen molar-refractivity contribution >= 4 is 11.9 Å². The fourth-order valence-electron chi connectivity index (χ4n) is 3.50. The second kappa shape index (κ2) is 7.62. The molecule has 1 saturated carbocycles. The first-order valence-electron chi connectivity index (χ1n) is 8.41. The van der Waals surface area contributed by atoms with E-state index < -0.39 is 5.97 Å². The van der Waals surface area contributed by atoms with Gasteiger partial charge >= 0.3 is 5.97 Å². The molecule has 23 heavy (non-hydrogen) atoms. The van der Waals surface area contributed by atoms with Crippen LogP contribution in [0.2, 0.25) is 0 Å². The van der Waals surface area contributed by atoms with Crippen LogP contribution in [0.15, 0.2) is 24.3 Å². The van der Waals surface area contributed by atoms with E-state index in [1.807, 2.05) is 0 Å². The first-order chi connectivity index (χ1) is 10.9. The first kappa shape index (κ1) is 17.5. The number of carbonyl (C=O) groups excluding carboxylic acids is 2. The Morgan fingerprint density at radius 2 is 1.74 bits per heavy atom. The molecule has 1 fully saturated rings. The number of nitrogens with one attached hydrogen (secondary N) is 1. The average Bonchev–Trinajstić information content (AvgIpc) is 2.54. The van der Waals surface area contributed by atoms with Gasteiger partial charge in [-0.05, 0) is 54.9 Å². The molecule has 1 aromatic rings. The summed E-state index contributed by atoms with van der Waals surface area (Å²) in [5, 5.41) is 3.20. The number of hydrogen-bond donors (Lipinski definition) is 1. The monoisotopic (exact) mass is 317 g/mol. The molecule has 1 N–H and O–H groups in total. The van der Waals surface area contributed by atoms with Gasteiger partial charge in [-0.15, -0.1) is 0 Å². The standard InChI is InChI=1S/C19H27NO3/c1-12(2)16-10-5-13(3)11-17(16)20-18(21)14-6-8-15(9-7-14)19(22)23-4/h6-9,12-13,16-17H,5,10-11H2,1-4H3,(H,20,21)/t13-,16-,17-/m1/s1. The third-order valence-corrected chi connectivity index (χ3v) is 4.91. The molecule has 4 nitrogen and oxygen atoms in total. The van der Waals surface area contributed by atoms with E-state index in [-0.39, 0.29) is 11.9 Å². The van der Waals surface area contributed by atoms with E-state index in [1.54, 1.807) is 24.3 Å². The van der Waals surface area contributed by atoms with E-state index in [2.05, 4.69) is 30.8 Å². The molecule has 0 unspecified atom stereocenters. The summed E-state index contributed by atoms with van der Waals surface area (Å²) in [7, 11) is 1.35. The molecular formula is C19H27NO3. The maximum absolute atomic E-state index is 12.5. The Balaban J connectivity index is 2.06. The Hall–Kier alpha value is -1.84. The van der Waals surface area contributed by atoms with Gasteiger partial charge in [0.15, 0.2) is 0 Å². The summed E-state index contributed by atoms with van der Waals surface area (Å²) < 4.78 is 4.67. The maximum atomic E-state index is 12.5. The van der Waals surface area contributed by atoms with Crippen LogP contribution in [-0.2, 0) is 4.74 Å². The minimum Gasteiger partial charge on any atom is -0.465 e. The normalized spacial score (nSPS) is 24.3. The van der Waals surface area contributed by atoms with Crippen LogP contribution in [0.3, 0.4) is 0 Å². The SMILES string of the molecule is COC(=O)c1ccc(C(=O)N[C@@H]2C[C@H](C)CC[C@@H]2C(C)C)cc1. The van der Waals surface area contributed by atoms with Gasteiger partial charge in [0.2, 0.25) is 0 Å². The van der Waals surface area contributed by atoms with Gasteiger partial charge in [0.1, 0.15) is 0 Å². The highest BCUT2D eigenvalue weighted by Gasteiger charge is 2.31. The lowest BCUT2D eigenvalue weighted by Crippen LogP contribution is -2.45. The van der Waals surface area contributed by atoms with Gasteiger partial charge < -0.3 is 10.1 Å². The Labute approximate surface area is 138 Å². The number of hydrogen-bond acceptors (Lipinski definition) is 3. The Bertz CT molecular complexity index is 550. The minimum absolute atomic E-state index is 0.0637. The van der Waals surface area contributed by atoms with Gasteiger partial charge in [-0.1, -0.05) is 27.2 Å². The van der Waals surface area contributed by atoms with E-state index in [4.69, 9.17) is 0 Å². The third kappa shape index (κ3) is 4.34. The second-order valence-electron chi connectivity index (χ2n) is 6.97. The van der Waals surface area contributed by atoms with Crippen LogP contribution in [0, 0.1) is 17.8 Å². The molecule has 0 saturated heterocycles. The maximum Gasteiger partial charge on any atom is 0.337 e. The van der Waals surface area contributed by atoms with Crippen LogP contribution in [0.5, 0.6) is 0 Å². The van der Waals surface area contributed by atoms with Crippen LogP contribution in [0.4, 0.5) is 0 Å². The number of benzene rings is 1. The van der Waals surface area contributed by atoms with Gasteiger partial charge in [-0.3, -0.25) is 4.79 Å². The van der Waals surface area contributed by atoms with E-state index in [1.165, 1.54) is 20.0 Å². The lowest BCUT2D eigenvalue weighted by molar-refractivity contribution is 0.0600. The van der Waals surface area contributed by atoms with Crippen molar-refractivity contribution in [3.8, 4) is 0 Å². The molecule has 0 spiro atoms. The zero-order chi connectivity index (χ0) is 17.0. The summed E-state index contributed by atoms with van der Waals surface area (Å²) in [6.07, 6.45) is 3.45. The summed E-state index contributed by atoms with van der Waals surface area (Å²) in [4.78, 5) is 24.0. The molecule has 2 rings (SSSR count). The van der Waals surface area contributed by atoms with Crippen molar-refractivity contribution in [3.63, 3.8) is 0 Å². The van der Waals surface area contributed by atoms with Crippen molar-refractivity contribution in [2.24, 2.45) is 17.8 Å². The second-order valence-corrected chi connectivity index (χ2v) is 6.97. The van der Waals surface area contributed by atoms with E-state index in [0.717, 1.165) is 6.42 Å². The van der Waals surface area contributed by atoms with Crippen molar-refractivity contribution in [1.29, 1.82) is 0 Å². The number of esters is 1. The number of carbonyl (C=O) groups is 2. The molecule has 0 radical (unpaired) electrons. The quantitative estimate of drug-likeness (QED) is 0.862. The third-order valence-electron chi connectivity index (χ3n) is 4.91. The number of rotatable bonds is 4. The molecule has 0 aromatic heterocycles. The van der Waals surface area contributed by atoms with Crippen LogP contribution in [0.1, 0.15) is 60.7 Å². The molecule has 1 amide bonds. The summed E-state index contributed by atoms with van der Waals surface area (Å²) in [5.41, 5.74) is 1.04. The Morgan fingerprint density at radius 1 is 1.13 bits per heavy atom. The number of ether oxygens (including phenoxy) is 1. The largest absolute Gasteiger partial charge is 0.465 e. The molecule has 3 atom stereocenters. The average molecular weight is 317 g/mol. The number of amides is 1. The predicted octanol–water partition coefficient (Wildman–Crippen LogP) is 3.66. The number of methoxy groups -OCH3 is 1. The fraction of sp³-hybridized carbons (Fsp3) is 0.579. The minimum atomic E-state index is -0.391. The van der Waals surface area contributed by atoms with Crippen molar-refractivity contribution in [1.82, 2.24) is 5.32 Å². The summed E-state index contributed by atoms with van der Waals surface area (Å²) >= 11 is 0. The van der Waals surface area contributed by atoms with Crippen LogP contribution < -0.4 is 5.32 Å². The topological polar surface area (TPSA) is 55.4 Å². The van der Waals surface area contributed by atoms with Gasteiger partial charge in [-0.25, -0.2) is 4.79 Å². The van der Waals surface area contributed by atoms with Crippen molar-refractivity contribution < 1.29 is 14.3 Å². The lowest BCUT2D eigenvalue weighted by atomic mass is 9.74. The first-order valence-corrected chi connectivity index (χ1v) is 8.41. The molecule has 0 bridgehead atoms. The van der Waals surface area contributed by atoms with Gasteiger partial charge in [0.05, 0.1) is 12.7 Å². The fourth-order valence-corrected chi connectivity index (χ4v) is 3.50. The molecule has 1 aromatic carbocycles. The molecule has 0 aliphatic heterocycles.